The van der Waals surface area contributed by atoms with E-state index in [1.165, 1.54) is 18.5 Å². The molecule has 0 unspecified atom stereocenters. The molecular weight excluding hydrogens is 418 g/mol. The van der Waals surface area contributed by atoms with E-state index in [-0.39, 0.29) is 12.1 Å². The van der Waals surface area contributed by atoms with Gasteiger partial charge >= 0.3 is 12.1 Å². The van der Waals surface area contributed by atoms with E-state index in [1.807, 2.05) is 32.6 Å². The average Bonchev–Trinajstić information content (AvgIpc) is 2.79. The lowest BCUT2D eigenvalue weighted by Gasteiger charge is -2.41. The molecule has 0 saturated carbocycles. The molecule has 0 aliphatic carbocycles. The minimum atomic E-state index is -0.433. The molecule has 2 heterocycles. The van der Waals surface area contributed by atoms with Crippen molar-refractivity contribution in [1.29, 1.82) is 0 Å². The number of amides is 1. The van der Waals surface area contributed by atoms with Gasteiger partial charge in [0.2, 0.25) is 0 Å². The average molecular weight is 460 g/mol. The van der Waals surface area contributed by atoms with E-state index in [0.29, 0.717) is 25.5 Å². The second kappa shape index (κ2) is 11.6. The fourth-order valence-electron chi connectivity index (χ4n) is 4.84. The van der Waals surface area contributed by atoms with Crippen molar-refractivity contribution in [2.45, 2.75) is 65.4 Å². The second-order valence-electron chi connectivity index (χ2n) is 10.2. The summed E-state index contributed by atoms with van der Waals surface area (Å²) < 4.78 is 10.5. The van der Waals surface area contributed by atoms with Gasteiger partial charge in [0.05, 0.1) is 13.0 Å². The number of nitrogens with one attached hydrogen (secondary N) is 1. The van der Waals surface area contributed by atoms with E-state index in [2.05, 4.69) is 34.5 Å². The summed E-state index contributed by atoms with van der Waals surface area (Å²) >= 11 is 0. The van der Waals surface area contributed by atoms with Crippen molar-refractivity contribution >= 4 is 23.4 Å². The number of ether oxygens (including phenoxy) is 2. The summed E-state index contributed by atoms with van der Waals surface area (Å²) in [5.41, 5.74) is 1.84. The van der Waals surface area contributed by atoms with Crippen LogP contribution in [0.2, 0.25) is 0 Å². The van der Waals surface area contributed by atoms with Gasteiger partial charge in [-0.15, -0.1) is 0 Å². The molecule has 7 heteroatoms. The number of esters is 1. The first-order valence-corrected chi connectivity index (χ1v) is 12.5. The molecule has 1 aromatic rings. The Balaban J connectivity index is 1.38. The lowest BCUT2D eigenvalue weighted by molar-refractivity contribution is -0.142. The van der Waals surface area contributed by atoms with Crippen LogP contribution < -0.4 is 10.2 Å². The first-order chi connectivity index (χ1) is 15.7. The van der Waals surface area contributed by atoms with E-state index >= 15 is 0 Å². The summed E-state index contributed by atoms with van der Waals surface area (Å²) in [5.74, 6) is 1.28. The van der Waals surface area contributed by atoms with Crippen molar-refractivity contribution < 1.29 is 19.1 Å². The SMILES string of the molecule is CCOC(=O)CCNc1ccc(N2CCC(C3CCN(C(=O)OC(C)(C)C)CC3)CC2)cc1. The van der Waals surface area contributed by atoms with Crippen LogP contribution in [0.3, 0.4) is 0 Å². The molecule has 0 aromatic heterocycles. The van der Waals surface area contributed by atoms with Crippen LogP contribution in [-0.2, 0) is 14.3 Å². The van der Waals surface area contributed by atoms with Crippen molar-refractivity contribution in [2.24, 2.45) is 11.8 Å². The van der Waals surface area contributed by atoms with Gasteiger partial charge in [-0.2, -0.15) is 0 Å². The molecule has 1 amide bonds. The predicted octanol–water partition coefficient (Wildman–Crippen LogP) is 4.92. The Bertz CT molecular complexity index is 759. The lowest BCUT2D eigenvalue weighted by Crippen LogP contribution is -2.44. The zero-order valence-corrected chi connectivity index (χ0v) is 20.8. The number of hydrogen-bond acceptors (Lipinski definition) is 6. The fraction of sp³-hybridized carbons (Fsp3) is 0.692. The summed E-state index contributed by atoms with van der Waals surface area (Å²) in [6.45, 7) is 12.4. The van der Waals surface area contributed by atoms with Crippen LogP contribution >= 0.6 is 0 Å². The summed E-state index contributed by atoms with van der Waals surface area (Å²) in [5, 5.41) is 3.28. The topological polar surface area (TPSA) is 71.1 Å². The molecule has 2 aliphatic rings. The normalized spacial score (nSPS) is 18.2. The van der Waals surface area contributed by atoms with Crippen molar-refractivity contribution in [3.05, 3.63) is 24.3 Å². The van der Waals surface area contributed by atoms with Gasteiger partial charge in [0.1, 0.15) is 5.60 Å². The number of anilines is 2. The maximum absolute atomic E-state index is 12.3. The number of nitrogens with zero attached hydrogens (tertiary/aromatic N) is 2. The third kappa shape index (κ3) is 7.83. The van der Waals surface area contributed by atoms with Crippen molar-refractivity contribution in [1.82, 2.24) is 4.90 Å². The largest absolute Gasteiger partial charge is 0.466 e. The van der Waals surface area contributed by atoms with Crippen molar-refractivity contribution in [3.8, 4) is 0 Å². The quantitative estimate of drug-likeness (QED) is 0.584. The molecule has 2 aliphatic heterocycles. The van der Waals surface area contributed by atoms with Gasteiger partial charge in [-0.1, -0.05) is 0 Å². The molecule has 2 fully saturated rings. The Morgan fingerprint density at radius 1 is 0.970 bits per heavy atom. The number of rotatable bonds is 7. The molecule has 1 aromatic carbocycles. The third-order valence-corrected chi connectivity index (χ3v) is 6.59. The molecule has 3 rings (SSSR count). The van der Waals surface area contributed by atoms with Gasteiger partial charge in [-0.3, -0.25) is 4.79 Å². The number of carbonyl (C=O) groups is 2. The first kappa shape index (κ1) is 25.2. The van der Waals surface area contributed by atoms with Gasteiger partial charge in [0.25, 0.3) is 0 Å². The molecule has 0 bridgehead atoms. The molecule has 2 saturated heterocycles. The number of carbonyl (C=O) groups excluding carboxylic acids is 2. The maximum atomic E-state index is 12.3. The number of hydrogen-bond donors (Lipinski definition) is 1. The van der Waals surface area contributed by atoms with Gasteiger partial charge in [0, 0.05) is 44.1 Å². The molecule has 0 radical (unpaired) electrons. The van der Waals surface area contributed by atoms with Gasteiger partial charge < -0.3 is 24.6 Å². The molecule has 7 nitrogen and oxygen atoms in total. The predicted molar refractivity (Wildman–Crippen MR) is 132 cm³/mol. The number of benzene rings is 1. The summed E-state index contributed by atoms with van der Waals surface area (Å²) in [6.07, 6.45) is 4.77. The smallest absolute Gasteiger partial charge is 0.410 e. The second-order valence-corrected chi connectivity index (χ2v) is 10.2. The monoisotopic (exact) mass is 459 g/mol. The van der Waals surface area contributed by atoms with Gasteiger partial charge in [-0.05, 0) is 89.5 Å². The summed E-state index contributed by atoms with van der Waals surface area (Å²) in [6, 6.07) is 8.48. The molecule has 184 valence electrons. The molecular formula is C26H41N3O4. The van der Waals surface area contributed by atoms with E-state index < -0.39 is 5.60 Å². The van der Waals surface area contributed by atoms with Crippen molar-refractivity contribution in [2.75, 3.05) is 49.5 Å². The highest BCUT2D eigenvalue weighted by Crippen LogP contribution is 2.34. The zero-order valence-electron chi connectivity index (χ0n) is 20.8. The highest BCUT2D eigenvalue weighted by molar-refractivity contribution is 5.70. The van der Waals surface area contributed by atoms with Crippen LogP contribution in [0.4, 0.5) is 16.2 Å². The Morgan fingerprint density at radius 2 is 1.55 bits per heavy atom. The number of piperidine rings is 2. The van der Waals surface area contributed by atoms with Crippen LogP contribution in [0.1, 0.15) is 59.8 Å². The minimum absolute atomic E-state index is 0.167. The van der Waals surface area contributed by atoms with Crippen LogP contribution in [0, 0.1) is 11.8 Å². The maximum Gasteiger partial charge on any atom is 0.410 e. The van der Waals surface area contributed by atoms with Crippen LogP contribution in [0.15, 0.2) is 24.3 Å². The van der Waals surface area contributed by atoms with E-state index in [1.54, 1.807) is 0 Å². The Hall–Kier alpha value is -2.44. The Morgan fingerprint density at radius 3 is 2.09 bits per heavy atom. The fourth-order valence-corrected chi connectivity index (χ4v) is 4.84. The number of likely N-dealkylation sites (tertiary alicyclic amines) is 1. The molecule has 1 N–H and O–H groups in total. The summed E-state index contributed by atoms with van der Waals surface area (Å²) in [4.78, 5) is 28.1. The summed E-state index contributed by atoms with van der Waals surface area (Å²) in [7, 11) is 0. The van der Waals surface area contributed by atoms with E-state index in [4.69, 9.17) is 9.47 Å². The standard InChI is InChI=1S/C26H41N3O4/c1-5-32-24(30)10-15-27-22-6-8-23(9-7-22)28-16-11-20(12-17-28)21-13-18-29(19-14-21)25(31)33-26(2,3)4/h6-9,20-21,27H,5,10-19H2,1-4H3. The highest BCUT2D eigenvalue weighted by atomic mass is 16.6. The molecule has 0 atom stereocenters. The van der Waals surface area contributed by atoms with Crippen LogP contribution in [0.5, 0.6) is 0 Å². The minimum Gasteiger partial charge on any atom is -0.466 e. The Kier molecular flexibility index (Phi) is 8.87. The highest BCUT2D eigenvalue weighted by Gasteiger charge is 2.32. The zero-order chi connectivity index (χ0) is 23.8. The first-order valence-electron chi connectivity index (χ1n) is 12.5. The van der Waals surface area contributed by atoms with Gasteiger partial charge in [0.15, 0.2) is 0 Å². The van der Waals surface area contributed by atoms with Crippen LogP contribution in [-0.4, -0.2) is 61.9 Å². The molecule has 0 spiro atoms. The van der Waals surface area contributed by atoms with Crippen LogP contribution in [0.25, 0.3) is 0 Å². The Labute approximate surface area is 198 Å². The third-order valence-electron chi connectivity index (χ3n) is 6.59. The lowest BCUT2D eigenvalue weighted by atomic mass is 9.79. The van der Waals surface area contributed by atoms with Gasteiger partial charge in [-0.25, -0.2) is 4.79 Å². The van der Waals surface area contributed by atoms with Crippen molar-refractivity contribution in [3.63, 3.8) is 0 Å². The van der Waals surface area contributed by atoms with E-state index in [9.17, 15) is 9.59 Å². The molecule has 33 heavy (non-hydrogen) atoms. The van der Waals surface area contributed by atoms with E-state index in [0.717, 1.165) is 50.6 Å².